The van der Waals surface area contributed by atoms with Crippen molar-refractivity contribution in [1.29, 1.82) is 0 Å². The lowest BCUT2D eigenvalue weighted by molar-refractivity contribution is 0.220. The minimum absolute atomic E-state index is 0.0545. The fourth-order valence-corrected chi connectivity index (χ4v) is 8.13. The SMILES string of the molecule is CC(O)CSc1ccc([S+](c2ccc(SCC(C)O)cc2)c2ccc3c(c2)c(=O)c2ccccc2n3C)cc1. The van der Waals surface area contributed by atoms with Gasteiger partial charge in [0.2, 0.25) is 0 Å². The van der Waals surface area contributed by atoms with E-state index in [0.717, 1.165) is 46.3 Å². The summed E-state index contributed by atoms with van der Waals surface area (Å²) in [7, 11) is 1.58. The van der Waals surface area contributed by atoms with Crippen LogP contribution in [0.3, 0.4) is 0 Å². The Balaban J connectivity index is 1.60. The number of pyridine rings is 1. The standard InChI is InChI=1S/C32H32NO3S3/c1-21(34)19-37-23-8-12-25(13-9-23)39(26-14-10-24(11-15-26)38-20-22(2)35)27-16-17-31-29(18-27)32(36)28-6-4-5-7-30(28)33(31)3/h4-18,21-22,34-35H,19-20H2,1-3H3/q+1. The highest BCUT2D eigenvalue weighted by molar-refractivity contribution is 7.99. The van der Waals surface area contributed by atoms with Crippen LogP contribution in [0.4, 0.5) is 0 Å². The fourth-order valence-electron chi connectivity index (χ4n) is 4.54. The second kappa shape index (κ2) is 12.2. The maximum atomic E-state index is 13.6. The number of nitrogens with zero attached hydrogens (tertiary/aromatic N) is 1. The molecule has 4 aromatic carbocycles. The van der Waals surface area contributed by atoms with Gasteiger partial charge in [-0.15, -0.1) is 23.5 Å². The van der Waals surface area contributed by atoms with Crippen molar-refractivity contribution in [3.8, 4) is 0 Å². The molecule has 5 rings (SSSR count). The molecule has 0 saturated carbocycles. The van der Waals surface area contributed by atoms with E-state index in [4.69, 9.17) is 0 Å². The molecular weight excluding hydrogens is 543 g/mol. The zero-order valence-electron chi connectivity index (χ0n) is 22.2. The third kappa shape index (κ3) is 6.23. The highest BCUT2D eigenvalue weighted by Gasteiger charge is 2.29. The molecule has 0 saturated heterocycles. The predicted octanol–water partition coefficient (Wildman–Crippen LogP) is 6.73. The number of fused-ring (bicyclic) bond motifs is 2. The van der Waals surface area contributed by atoms with Crippen molar-refractivity contribution in [2.75, 3.05) is 11.5 Å². The van der Waals surface area contributed by atoms with E-state index in [1.807, 2.05) is 31.3 Å². The van der Waals surface area contributed by atoms with E-state index in [1.165, 1.54) is 0 Å². The number of aromatic nitrogens is 1. The van der Waals surface area contributed by atoms with Gasteiger partial charge in [0, 0.05) is 39.8 Å². The van der Waals surface area contributed by atoms with Gasteiger partial charge < -0.3 is 14.8 Å². The van der Waals surface area contributed by atoms with Crippen LogP contribution in [0, 0.1) is 0 Å². The molecule has 39 heavy (non-hydrogen) atoms. The second-order valence-electron chi connectivity index (χ2n) is 9.65. The smallest absolute Gasteiger partial charge is 0.197 e. The first-order chi connectivity index (χ1) is 18.8. The summed E-state index contributed by atoms with van der Waals surface area (Å²) in [5.41, 5.74) is 1.90. The number of hydrogen-bond donors (Lipinski definition) is 2. The van der Waals surface area contributed by atoms with Crippen molar-refractivity contribution in [3.05, 3.63) is 101 Å². The van der Waals surface area contributed by atoms with Crippen molar-refractivity contribution in [1.82, 2.24) is 4.57 Å². The zero-order chi connectivity index (χ0) is 27.5. The lowest BCUT2D eigenvalue weighted by atomic mass is 10.1. The van der Waals surface area contributed by atoms with Gasteiger partial charge in [0.05, 0.1) is 39.5 Å². The number of hydrogen-bond acceptors (Lipinski definition) is 5. The van der Waals surface area contributed by atoms with Gasteiger partial charge in [-0.2, -0.15) is 0 Å². The Hall–Kier alpha value is -2.68. The molecular formula is C32H32NO3S3+. The van der Waals surface area contributed by atoms with Crippen LogP contribution in [0.5, 0.6) is 0 Å². The average molecular weight is 575 g/mol. The number of benzene rings is 4. The van der Waals surface area contributed by atoms with E-state index in [2.05, 4.69) is 71.3 Å². The summed E-state index contributed by atoms with van der Waals surface area (Å²) in [4.78, 5) is 19.2. The molecule has 0 amide bonds. The van der Waals surface area contributed by atoms with Crippen molar-refractivity contribution in [3.63, 3.8) is 0 Å². The zero-order valence-corrected chi connectivity index (χ0v) is 24.7. The summed E-state index contributed by atoms with van der Waals surface area (Å²) in [6.07, 6.45) is -0.711. The Kier molecular flexibility index (Phi) is 8.74. The fraction of sp³-hybridized carbons (Fsp3) is 0.219. The molecule has 4 nitrogen and oxygen atoms in total. The maximum Gasteiger partial charge on any atom is 0.197 e. The van der Waals surface area contributed by atoms with E-state index in [1.54, 1.807) is 37.4 Å². The molecule has 5 aromatic rings. The van der Waals surface area contributed by atoms with Crippen LogP contribution in [-0.2, 0) is 17.9 Å². The number of rotatable bonds is 9. The number of aliphatic hydroxyl groups excluding tert-OH is 2. The Morgan fingerprint density at radius 1 is 0.692 bits per heavy atom. The Morgan fingerprint density at radius 2 is 1.18 bits per heavy atom. The van der Waals surface area contributed by atoms with Gasteiger partial charge in [-0.05, 0) is 86.6 Å². The lowest BCUT2D eigenvalue weighted by Crippen LogP contribution is -2.11. The van der Waals surface area contributed by atoms with Crippen LogP contribution < -0.4 is 5.43 Å². The minimum Gasteiger partial charge on any atom is -0.393 e. The Labute approximate surface area is 240 Å². The van der Waals surface area contributed by atoms with Gasteiger partial charge in [-0.1, -0.05) is 12.1 Å². The van der Waals surface area contributed by atoms with E-state index >= 15 is 0 Å². The van der Waals surface area contributed by atoms with Gasteiger partial charge in [-0.25, -0.2) is 0 Å². The average Bonchev–Trinajstić information content (AvgIpc) is 2.95. The molecule has 0 bridgehead atoms. The molecule has 0 aliphatic rings. The van der Waals surface area contributed by atoms with Crippen LogP contribution in [0.25, 0.3) is 21.8 Å². The second-order valence-corrected chi connectivity index (χ2v) is 13.9. The van der Waals surface area contributed by atoms with Gasteiger partial charge in [-0.3, -0.25) is 4.79 Å². The van der Waals surface area contributed by atoms with Crippen molar-refractivity contribution >= 4 is 56.2 Å². The first-order valence-corrected chi connectivity index (χ1v) is 16.1. The number of para-hydroxylation sites is 1. The highest BCUT2D eigenvalue weighted by atomic mass is 32.2. The highest BCUT2D eigenvalue weighted by Crippen LogP contribution is 2.35. The molecule has 0 radical (unpaired) electrons. The number of aryl methyl sites for hydroxylation is 1. The molecule has 1 aromatic heterocycles. The van der Waals surface area contributed by atoms with E-state index in [0.29, 0.717) is 11.5 Å². The molecule has 2 unspecified atom stereocenters. The number of aliphatic hydroxyl groups is 2. The molecule has 2 atom stereocenters. The van der Waals surface area contributed by atoms with E-state index in [-0.39, 0.29) is 17.6 Å². The van der Waals surface area contributed by atoms with Crippen LogP contribution in [-0.4, -0.2) is 38.5 Å². The third-order valence-corrected chi connectivity index (χ3v) is 11.1. The summed E-state index contributed by atoms with van der Waals surface area (Å²) < 4.78 is 2.09. The maximum absolute atomic E-state index is 13.6. The molecule has 2 N–H and O–H groups in total. The van der Waals surface area contributed by atoms with Crippen LogP contribution in [0.1, 0.15) is 13.8 Å². The first kappa shape index (κ1) is 27.9. The molecule has 200 valence electrons. The quantitative estimate of drug-likeness (QED) is 0.116. The van der Waals surface area contributed by atoms with E-state index < -0.39 is 10.9 Å². The molecule has 0 spiro atoms. The summed E-state index contributed by atoms with van der Waals surface area (Å²) in [6.45, 7) is 3.60. The summed E-state index contributed by atoms with van der Waals surface area (Å²) in [5, 5.41) is 20.8. The molecule has 7 heteroatoms. The van der Waals surface area contributed by atoms with Gasteiger partial charge in [0.25, 0.3) is 0 Å². The monoisotopic (exact) mass is 574 g/mol. The summed E-state index contributed by atoms with van der Waals surface area (Å²) in [5.74, 6) is 1.30. The van der Waals surface area contributed by atoms with Gasteiger partial charge in [0.15, 0.2) is 20.1 Å². The lowest BCUT2D eigenvalue weighted by Gasteiger charge is -2.13. The third-order valence-electron chi connectivity index (χ3n) is 6.42. The normalized spacial score (nSPS) is 14.0. The van der Waals surface area contributed by atoms with Crippen LogP contribution in [0.2, 0.25) is 0 Å². The Morgan fingerprint density at radius 3 is 1.72 bits per heavy atom. The minimum atomic E-state index is -0.427. The topological polar surface area (TPSA) is 62.5 Å². The summed E-state index contributed by atoms with van der Waals surface area (Å²) in [6, 6.07) is 31.1. The van der Waals surface area contributed by atoms with Gasteiger partial charge >= 0.3 is 0 Å². The molecule has 1 heterocycles. The van der Waals surface area contributed by atoms with Crippen molar-refractivity contribution in [2.45, 2.75) is 50.5 Å². The largest absolute Gasteiger partial charge is 0.393 e. The first-order valence-electron chi connectivity index (χ1n) is 12.9. The summed E-state index contributed by atoms with van der Waals surface area (Å²) >= 11 is 3.29. The van der Waals surface area contributed by atoms with E-state index in [9.17, 15) is 15.0 Å². The molecule has 0 aliphatic heterocycles. The van der Waals surface area contributed by atoms with Crippen LogP contribution in [0.15, 0.2) is 120 Å². The number of thioether (sulfide) groups is 2. The van der Waals surface area contributed by atoms with Crippen molar-refractivity contribution < 1.29 is 10.2 Å². The predicted molar refractivity (Wildman–Crippen MR) is 167 cm³/mol. The van der Waals surface area contributed by atoms with Crippen molar-refractivity contribution in [2.24, 2.45) is 7.05 Å². The van der Waals surface area contributed by atoms with Gasteiger partial charge in [0.1, 0.15) is 0 Å². The Bertz CT molecular complexity index is 1590. The van der Waals surface area contributed by atoms with Crippen LogP contribution >= 0.6 is 23.5 Å². The molecule has 0 aliphatic carbocycles. The molecule has 0 fully saturated rings.